The third kappa shape index (κ3) is 5.11. The van der Waals surface area contributed by atoms with E-state index in [0.717, 1.165) is 33.6 Å². The van der Waals surface area contributed by atoms with Gasteiger partial charge in [-0.15, -0.1) is 0 Å². The van der Waals surface area contributed by atoms with E-state index >= 15 is 0 Å². The van der Waals surface area contributed by atoms with Gasteiger partial charge in [-0.2, -0.15) is 5.10 Å². The Morgan fingerprint density at radius 1 is 0.976 bits per heavy atom. The fraction of sp³-hybridized carbons (Fsp3) is 0.258. The van der Waals surface area contributed by atoms with Crippen molar-refractivity contribution in [3.63, 3.8) is 0 Å². The molecule has 0 fully saturated rings. The first kappa shape index (κ1) is 27.5. The summed E-state index contributed by atoms with van der Waals surface area (Å²) in [6.07, 6.45) is 1.81. The average Bonchev–Trinajstić information content (AvgIpc) is 3.65. The first-order valence-electron chi connectivity index (χ1n) is 13.7. The Morgan fingerprint density at radius 2 is 1.71 bits per heavy atom. The molecule has 3 aromatic carbocycles. The van der Waals surface area contributed by atoms with E-state index in [1.165, 1.54) is 10.6 Å². The number of nitrogens with one attached hydrogen (secondary N) is 3. The molecule has 0 bridgehead atoms. The molecule has 10 nitrogen and oxygen atoms in total. The van der Waals surface area contributed by atoms with Crippen molar-refractivity contribution in [1.82, 2.24) is 15.1 Å². The second-order valence-corrected chi connectivity index (χ2v) is 13.6. The van der Waals surface area contributed by atoms with Crippen LogP contribution in [0.2, 0.25) is 0 Å². The number of benzene rings is 3. The van der Waals surface area contributed by atoms with Crippen molar-refractivity contribution in [2.45, 2.75) is 39.2 Å². The van der Waals surface area contributed by atoms with Gasteiger partial charge in [-0.25, -0.2) is 17.9 Å². The fourth-order valence-corrected chi connectivity index (χ4v) is 6.36. The number of urea groups is 1. The molecule has 2 aliphatic heterocycles. The average molecular weight is 585 g/mol. The van der Waals surface area contributed by atoms with Gasteiger partial charge in [-0.3, -0.25) is 14.4 Å². The summed E-state index contributed by atoms with van der Waals surface area (Å²) < 4.78 is 27.4. The highest BCUT2D eigenvalue weighted by Gasteiger charge is 2.28. The lowest BCUT2D eigenvalue weighted by Crippen LogP contribution is -2.27. The normalized spacial score (nSPS) is 14.4. The van der Waals surface area contributed by atoms with Crippen molar-refractivity contribution in [3.8, 4) is 16.8 Å². The minimum Gasteiger partial charge on any atom is -0.348 e. The number of amides is 3. The maximum absolute atomic E-state index is 13.1. The van der Waals surface area contributed by atoms with Crippen LogP contribution in [0.15, 0.2) is 66.7 Å². The Balaban J connectivity index is 1.23. The third-order valence-corrected chi connectivity index (χ3v) is 8.76. The van der Waals surface area contributed by atoms with E-state index in [2.05, 4.69) is 16.0 Å². The lowest BCUT2D eigenvalue weighted by molar-refractivity contribution is 0.0965. The SMILES string of the molecule is CC(C)(C)c1cc(NC(=O)Nc2ccc(-c3cccc4c3CNC4=O)cc2)n(-c2ccc3c(c2)CCN3S(C)(=O)=O)n1. The summed E-state index contributed by atoms with van der Waals surface area (Å²) in [4.78, 5) is 25.2. The van der Waals surface area contributed by atoms with Crippen LogP contribution in [0.1, 0.15) is 48.0 Å². The molecule has 3 N–H and O–H groups in total. The molecule has 6 rings (SSSR count). The molecular formula is C31H32N6O4S. The number of aromatic nitrogens is 2. The van der Waals surface area contributed by atoms with E-state index in [-0.39, 0.29) is 11.3 Å². The van der Waals surface area contributed by atoms with Gasteiger partial charge < -0.3 is 10.6 Å². The number of sulfonamides is 1. The van der Waals surface area contributed by atoms with E-state index in [1.807, 2.05) is 81.4 Å². The maximum atomic E-state index is 13.1. The molecular weight excluding hydrogens is 552 g/mol. The van der Waals surface area contributed by atoms with Crippen molar-refractivity contribution in [2.75, 3.05) is 27.7 Å². The Labute approximate surface area is 244 Å². The summed E-state index contributed by atoms with van der Waals surface area (Å²) in [5.41, 5.74) is 7.03. The van der Waals surface area contributed by atoms with Gasteiger partial charge in [0.25, 0.3) is 5.91 Å². The number of fused-ring (bicyclic) bond motifs is 2. The fourth-order valence-electron chi connectivity index (χ4n) is 5.40. The van der Waals surface area contributed by atoms with E-state index in [9.17, 15) is 18.0 Å². The number of hydrogen-bond acceptors (Lipinski definition) is 5. The largest absolute Gasteiger partial charge is 0.348 e. The van der Waals surface area contributed by atoms with Gasteiger partial charge in [0.05, 0.1) is 23.3 Å². The van der Waals surface area contributed by atoms with Crippen LogP contribution in [0.4, 0.5) is 22.0 Å². The Hall–Kier alpha value is -4.64. The summed E-state index contributed by atoms with van der Waals surface area (Å²) in [6, 6.07) is 20.1. The number of anilines is 3. The Bertz CT molecular complexity index is 1840. The van der Waals surface area contributed by atoms with Gasteiger partial charge in [-0.1, -0.05) is 45.0 Å². The molecule has 0 saturated heterocycles. The summed E-state index contributed by atoms with van der Waals surface area (Å²) >= 11 is 0. The first-order chi connectivity index (χ1) is 19.9. The number of rotatable bonds is 5. The highest BCUT2D eigenvalue weighted by atomic mass is 32.2. The topological polar surface area (TPSA) is 125 Å². The zero-order chi connectivity index (χ0) is 29.8. The lowest BCUT2D eigenvalue weighted by Gasteiger charge is -2.17. The second kappa shape index (κ2) is 10.0. The van der Waals surface area contributed by atoms with Gasteiger partial charge >= 0.3 is 6.03 Å². The minimum atomic E-state index is -3.36. The van der Waals surface area contributed by atoms with E-state index in [1.54, 1.807) is 10.7 Å². The van der Waals surface area contributed by atoms with Crippen molar-refractivity contribution in [2.24, 2.45) is 0 Å². The van der Waals surface area contributed by atoms with Crippen LogP contribution in [0, 0.1) is 0 Å². The van der Waals surface area contributed by atoms with Crippen molar-refractivity contribution >= 4 is 39.2 Å². The Kier molecular flexibility index (Phi) is 6.57. The first-order valence-corrected chi connectivity index (χ1v) is 15.5. The molecule has 2 aliphatic rings. The van der Waals surface area contributed by atoms with E-state index in [0.29, 0.717) is 42.3 Å². The molecule has 42 heavy (non-hydrogen) atoms. The monoisotopic (exact) mass is 584 g/mol. The van der Waals surface area contributed by atoms with Crippen LogP contribution in [0.5, 0.6) is 0 Å². The molecule has 0 saturated carbocycles. The number of carbonyl (C=O) groups excluding carboxylic acids is 2. The standard InChI is InChI=1S/C31H32N6O4S/c1-31(2,3)27-17-28(37(35-27)22-12-13-26-20(16-22)14-15-36(26)42(4,40)41)34-30(39)33-21-10-8-19(9-11-21)23-6-5-7-24-25(23)18-32-29(24)38/h5-13,16-17H,14-15,18H2,1-4H3,(H,32,38)(H2,33,34,39). The van der Waals surface area contributed by atoms with Crippen LogP contribution in [-0.4, -0.2) is 42.9 Å². The number of nitrogens with zero attached hydrogens (tertiary/aromatic N) is 3. The van der Waals surface area contributed by atoms with Crippen molar-refractivity contribution in [3.05, 3.63) is 89.1 Å². The molecule has 0 atom stereocenters. The van der Waals surface area contributed by atoms with Crippen LogP contribution >= 0.6 is 0 Å². The summed E-state index contributed by atoms with van der Waals surface area (Å²) in [5.74, 6) is 0.426. The van der Waals surface area contributed by atoms with Gasteiger partial charge in [0.1, 0.15) is 5.82 Å². The molecule has 3 amide bonds. The van der Waals surface area contributed by atoms with Crippen molar-refractivity contribution in [1.29, 1.82) is 0 Å². The second-order valence-electron chi connectivity index (χ2n) is 11.6. The summed E-state index contributed by atoms with van der Waals surface area (Å²) in [6.45, 7) is 7.04. The lowest BCUT2D eigenvalue weighted by atomic mass is 9.92. The Morgan fingerprint density at radius 3 is 2.43 bits per heavy atom. The summed E-state index contributed by atoms with van der Waals surface area (Å²) in [5, 5.41) is 13.5. The third-order valence-electron chi connectivity index (χ3n) is 7.58. The van der Waals surface area contributed by atoms with Gasteiger partial charge in [0.15, 0.2) is 0 Å². The zero-order valence-electron chi connectivity index (χ0n) is 23.9. The quantitative estimate of drug-likeness (QED) is 0.303. The highest BCUT2D eigenvalue weighted by Crippen LogP contribution is 2.34. The van der Waals surface area contributed by atoms with Crippen LogP contribution in [0.3, 0.4) is 0 Å². The molecule has 0 spiro atoms. The number of carbonyl (C=O) groups is 2. The van der Waals surface area contributed by atoms with Crippen LogP contribution < -0.4 is 20.3 Å². The molecule has 0 unspecified atom stereocenters. The van der Waals surface area contributed by atoms with E-state index < -0.39 is 16.1 Å². The zero-order valence-corrected chi connectivity index (χ0v) is 24.7. The molecule has 0 aliphatic carbocycles. The predicted octanol–water partition coefficient (Wildman–Crippen LogP) is 5.05. The molecule has 216 valence electrons. The molecule has 3 heterocycles. The van der Waals surface area contributed by atoms with E-state index in [4.69, 9.17) is 5.10 Å². The molecule has 4 aromatic rings. The van der Waals surface area contributed by atoms with Gasteiger partial charge in [0, 0.05) is 35.8 Å². The summed E-state index contributed by atoms with van der Waals surface area (Å²) in [7, 11) is -3.36. The van der Waals surface area contributed by atoms with Crippen LogP contribution in [-0.2, 0) is 28.4 Å². The van der Waals surface area contributed by atoms with Crippen molar-refractivity contribution < 1.29 is 18.0 Å². The van der Waals surface area contributed by atoms with Gasteiger partial charge in [-0.05, 0) is 65.1 Å². The van der Waals surface area contributed by atoms with Gasteiger partial charge in [0.2, 0.25) is 10.0 Å². The molecule has 11 heteroatoms. The maximum Gasteiger partial charge on any atom is 0.324 e. The number of hydrogen-bond donors (Lipinski definition) is 3. The predicted molar refractivity (Wildman–Crippen MR) is 164 cm³/mol. The highest BCUT2D eigenvalue weighted by molar-refractivity contribution is 7.92. The minimum absolute atomic E-state index is 0.0635. The molecule has 1 aromatic heterocycles. The molecule has 0 radical (unpaired) electrons. The van der Waals surface area contributed by atoms with Crippen LogP contribution in [0.25, 0.3) is 16.8 Å². The smallest absolute Gasteiger partial charge is 0.324 e.